The molecule has 0 atom stereocenters. The summed E-state index contributed by atoms with van der Waals surface area (Å²) in [6.07, 6.45) is 2.33. The molecule has 0 aliphatic carbocycles. The quantitative estimate of drug-likeness (QED) is 0.853. The topological polar surface area (TPSA) is 29.3 Å². The number of hydrogen-bond donors (Lipinski definition) is 1. The van der Waals surface area contributed by atoms with Gasteiger partial charge < -0.3 is 5.73 Å². The second-order valence-electron chi connectivity index (χ2n) is 5.51. The van der Waals surface area contributed by atoms with Crippen molar-refractivity contribution in [2.24, 2.45) is 5.73 Å². The second-order valence-corrected chi connectivity index (χ2v) is 5.95. The van der Waals surface area contributed by atoms with Gasteiger partial charge in [-0.1, -0.05) is 12.2 Å². The zero-order valence-corrected chi connectivity index (χ0v) is 11.7. The third kappa shape index (κ3) is 2.70. The highest BCUT2D eigenvalue weighted by atomic mass is 32.1. The van der Waals surface area contributed by atoms with E-state index in [1.807, 2.05) is 0 Å². The normalized spacial score (nSPS) is 19.1. The van der Waals surface area contributed by atoms with Crippen molar-refractivity contribution < 1.29 is 4.39 Å². The number of benzene rings is 1. The Hall–Kier alpha value is -1.00. The molecule has 1 aliphatic heterocycles. The van der Waals surface area contributed by atoms with Crippen LogP contribution in [0.25, 0.3) is 0 Å². The Morgan fingerprint density at radius 2 is 2.22 bits per heavy atom. The number of nitrogens with zero attached hydrogens (tertiary/aromatic N) is 1. The van der Waals surface area contributed by atoms with Crippen molar-refractivity contribution in [2.75, 3.05) is 6.54 Å². The highest BCUT2D eigenvalue weighted by molar-refractivity contribution is 7.80. The summed E-state index contributed by atoms with van der Waals surface area (Å²) in [5.74, 6) is -0.183. The van der Waals surface area contributed by atoms with Crippen molar-refractivity contribution in [2.45, 2.75) is 38.8 Å². The molecule has 1 aromatic carbocycles. The Morgan fingerprint density at radius 1 is 1.50 bits per heavy atom. The molecule has 0 bridgehead atoms. The van der Waals surface area contributed by atoms with Gasteiger partial charge in [-0.05, 0) is 51.4 Å². The fourth-order valence-corrected chi connectivity index (χ4v) is 2.64. The summed E-state index contributed by atoms with van der Waals surface area (Å²) in [5, 5.41) is 0. The van der Waals surface area contributed by atoms with Gasteiger partial charge in [0.05, 0.1) is 0 Å². The van der Waals surface area contributed by atoms with Crippen LogP contribution in [0, 0.1) is 5.82 Å². The van der Waals surface area contributed by atoms with Crippen molar-refractivity contribution >= 4 is 17.2 Å². The van der Waals surface area contributed by atoms with Gasteiger partial charge in [-0.2, -0.15) is 0 Å². The summed E-state index contributed by atoms with van der Waals surface area (Å²) >= 11 is 4.93. The Labute approximate surface area is 113 Å². The van der Waals surface area contributed by atoms with E-state index in [0.29, 0.717) is 17.1 Å². The zero-order valence-electron chi connectivity index (χ0n) is 10.9. The summed E-state index contributed by atoms with van der Waals surface area (Å²) in [6, 6.07) is 4.86. The number of halogens is 1. The van der Waals surface area contributed by atoms with Crippen LogP contribution < -0.4 is 5.73 Å². The SMILES string of the molecule is CC1(C)CCCN1Cc1cc(C(N)=S)ccc1F. The average molecular weight is 266 g/mol. The lowest BCUT2D eigenvalue weighted by molar-refractivity contribution is 0.164. The molecule has 1 aromatic rings. The van der Waals surface area contributed by atoms with Crippen molar-refractivity contribution in [1.29, 1.82) is 0 Å². The van der Waals surface area contributed by atoms with E-state index in [1.165, 1.54) is 12.5 Å². The van der Waals surface area contributed by atoms with Crippen molar-refractivity contribution in [3.63, 3.8) is 0 Å². The highest BCUT2D eigenvalue weighted by Gasteiger charge is 2.32. The molecule has 1 aliphatic rings. The number of hydrogen-bond acceptors (Lipinski definition) is 2. The van der Waals surface area contributed by atoms with Gasteiger partial charge in [-0.25, -0.2) is 4.39 Å². The minimum absolute atomic E-state index is 0.145. The molecule has 4 heteroatoms. The van der Waals surface area contributed by atoms with E-state index in [2.05, 4.69) is 18.7 Å². The van der Waals surface area contributed by atoms with Gasteiger partial charge in [0.15, 0.2) is 0 Å². The van der Waals surface area contributed by atoms with Crippen molar-refractivity contribution in [1.82, 2.24) is 4.90 Å². The summed E-state index contributed by atoms with van der Waals surface area (Å²) in [7, 11) is 0. The maximum Gasteiger partial charge on any atom is 0.127 e. The van der Waals surface area contributed by atoms with Gasteiger partial charge in [0, 0.05) is 23.2 Å². The predicted molar refractivity (Wildman–Crippen MR) is 76.0 cm³/mol. The van der Waals surface area contributed by atoms with Crippen LogP contribution in [0.1, 0.15) is 37.8 Å². The zero-order chi connectivity index (χ0) is 13.3. The molecule has 1 saturated heterocycles. The Bertz CT molecular complexity index is 471. The Kier molecular flexibility index (Phi) is 3.69. The monoisotopic (exact) mass is 266 g/mol. The fraction of sp³-hybridized carbons (Fsp3) is 0.500. The minimum Gasteiger partial charge on any atom is -0.389 e. The first-order valence-electron chi connectivity index (χ1n) is 6.23. The summed E-state index contributed by atoms with van der Waals surface area (Å²) in [5.41, 5.74) is 7.14. The molecule has 0 saturated carbocycles. The highest BCUT2D eigenvalue weighted by Crippen LogP contribution is 2.30. The van der Waals surface area contributed by atoms with Crippen LogP contribution in [0.2, 0.25) is 0 Å². The van der Waals surface area contributed by atoms with Crippen LogP contribution in [0.5, 0.6) is 0 Å². The molecule has 0 spiro atoms. The van der Waals surface area contributed by atoms with E-state index in [-0.39, 0.29) is 11.4 Å². The smallest absolute Gasteiger partial charge is 0.127 e. The molecular formula is C14H19FN2S. The summed E-state index contributed by atoms with van der Waals surface area (Å²) in [6.45, 7) is 6.05. The maximum absolute atomic E-state index is 13.8. The number of nitrogens with two attached hydrogens (primary N) is 1. The maximum atomic E-state index is 13.8. The van der Waals surface area contributed by atoms with Crippen LogP contribution in [0.4, 0.5) is 4.39 Å². The standard InChI is InChI=1S/C14H19FN2S/c1-14(2)6-3-7-17(14)9-11-8-10(13(16)18)4-5-12(11)15/h4-5,8H,3,6-7,9H2,1-2H3,(H2,16,18). The van der Waals surface area contributed by atoms with E-state index < -0.39 is 0 Å². The van der Waals surface area contributed by atoms with Gasteiger partial charge in [0.1, 0.15) is 10.8 Å². The molecule has 2 rings (SSSR count). The molecule has 0 amide bonds. The molecular weight excluding hydrogens is 247 g/mol. The van der Waals surface area contributed by atoms with E-state index in [4.69, 9.17) is 18.0 Å². The van der Waals surface area contributed by atoms with Crippen LogP contribution in [0.3, 0.4) is 0 Å². The van der Waals surface area contributed by atoms with E-state index in [0.717, 1.165) is 18.5 Å². The van der Waals surface area contributed by atoms with Crippen LogP contribution in [-0.4, -0.2) is 22.0 Å². The second kappa shape index (κ2) is 4.94. The van der Waals surface area contributed by atoms with Gasteiger partial charge in [0.2, 0.25) is 0 Å². The molecule has 0 aromatic heterocycles. The number of likely N-dealkylation sites (tertiary alicyclic amines) is 1. The third-order valence-corrected chi connectivity index (χ3v) is 4.00. The van der Waals surface area contributed by atoms with E-state index in [9.17, 15) is 4.39 Å². The average Bonchev–Trinajstić information content (AvgIpc) is 2.61. The lowest BCUT2D eigenvalue weighted by Crippen LogP contribution is -2.37. The van der Waals surface area contributed by atoms with Gasteiger partial charge >= 0.3 is 0 Å². The molecule has 1 heterocycles. The number of thiocarbonyl (C=S) groups is 1. The first-order valence-corrected chi connectivity index (χ1v) is 6.64. The van der Waals surface area contributed by atoms with Crippen LogP contribution >= 0.6 is 12.2 Å². The van der Waals surface area contributed by atoms with Crippen LogP contribution in [0.15, 0.2) is 18.2 Å². The summed E-state index contributed by atoms with van der Waals surface area (Å²) in [4.78, 5) is 2.63. The molecule has 2 N–H and O–H groups in total. The lowest BCUT2D eigenvalue weighted by Gasteiger charge is -2.31. The fourth-order valence-electron chi connectivity index (χ4n) is 2.51. The summed E-state index contributed by atoms with van der Waals surface area (Å²) < 4.78 is 13.8. The predicted octanol–water partition coefficient (Wildman–Crippen LogP) is 2.83. The lowest BCUT2D eigenvalue weighted by atomic mass is 10.0. The molecule has 2 nitrogen and oxygen atoms in total. The first kappa shape index (κ1) is 13.4. The first-order chi connectivity index (χ1) is 8.40. The largest absolute Gasteiger partial charge is 0.389 e. The third-order valence-electron chi connectivity index (χ3n) is 3.76. The molecule has 0 unspecified atom stereocenters. The van der Waals surface area contributed by atoms with Gasteiger partial charge in [0.25, 0.3) is 0 Å². The minimum atomic E-state index is -0.183. The van der Waals surface area contributed by atoms with E-state index >= 15 is 0 Å². The number of rotatable bonds is 3. The molecule has 1 fully saturated rings. The Balaban J connectivity index is 2.23. The molecule has 18 heavy (non-hydrogen) atoms. The van der Waals surface area contributed by atoms with E-state index in [1.54, 1.807) is 12.1 Å². The van der Waals surface area contributed by atoms with Gasteiger partial charge in [-0.3, -0.25) is 4.90 Å². The molecule has 98 valence electrons. The van der Waals surface area contributed by atoms with Crippen molar-refractivity contribution in [3.05, 3.63) is 35.1 Å². The van der Waals surface area contributed by atoms with Crippen LogP contribution in [-0.2, 0) is 6.54 Å². The van der Waals surface area contributed by atoms with Crippen molar-refractivity contribution in [3.8, 4) is 0 Å². The molecule has 0 radical (unpaired) electrons. The Morgan fingerprint density at radius 3 is 2.78 bits per heavy atom. The van der Waals surface area contributed by atoms with Gasteiger partial charge in [-0.15, -0.1) is 0 Å².